The summed E-state index contributed by atoms with van der Waals surface area (Å²) in [5.74, 6) is 0.135. The Hall–Kier alpha value is -0.220. The van der Waals surface area contributed by atoms with E-state index in [0.29, 0.717) is 17.2 Å². The van der Waals surface area contributed by atoms with E-state index < -0.39 is 0 Å². The summed E-state index contributed by atoms with van der Waals surface area (Å²) in [5, 5.41) is 0.625. The molecule has 0 saturated carbocycles. The molecule has 0 aromatic heterocycles. The van der Waals surface area contributed by atoms with Gasteiger partial charge in [0.1, 0.15) is 0 Å². The molecule has 0 saturated heterocycles. The van der Waals surface area contributed by atoms with E-state index in [2.05, 4.69) is 4.89 Å². The molecule has 0 fully saturated rings. The zero-order valence-electron chi connectivity index (χ0n) is 9.75. The van der Waals surface area contributed by atoms with Crippen molar-refractivity contribution in [1.29, 1.82) is 0 Å². The summed E-state index contributed by atoms with van der Waals surface area (Å²) >= 11 is 5.77. The summed E-state index contributed by atoms with van der Waals surface area (Å²) in [7, 11) is 0. The molecule has 0 N–H and O–H groups in total. The van der Waals surface area contributed by atoms with Crippen LogP contribution in [-0.4, -0.2) is 35.5 Å². The minimum Gasteiger partial charge on any atom is -0.287 e. The van der Waals surface area contributed by atoms with Gasteiger partial charge in [-0.2, -0.15) is 0 Å². The fourth-order valence-electron chi connectivity index (χ4n) is 1.04. The van der Waals surface area contributed by atoms with Crippen molar-refractivity contribution in [3.05, 3.63) is 28.8 Å². The van der Waals surface area contributed by atoms with Crippen LogP contribution < -0.4 is 4.89 Å². The van der Waals surface area contributed by atoms with Crippen LogP contribution in [0, 0.1) is 6.92 Å². The molecule has 1 aromatic carbocycles. The van der Waals surface area contributed by atoms with E-state index in [1.165, 1.54) is 0 Å². The van der Waals surface area contributed by atoms with Crippen LogP contribution in [-0.2, 0) is 9.68 Å². The first-order valence-electron chi connectivity index (χ1n) is 4.77. The Labute approximate surface area is 122 Å². The van der Waals surface area contributed by atoms with Gasteiger partial charge in [-0.05, 0) is 37.1 Å². The van der Waals surface area contributed by atoms with Crippen molar-refractivity contribution < 1.29 is 14.6 Å². The topological polar surface area (TPSA) is 35.5 Å². The van der Waals surface area contributed by atoms with Gasteiger partial charge in [-0.25, -0.2) is 4.79 Å². The monoisotopic (exact) mass is 251 g/mol. The van der Waals surface area contributed by atoms with Crippen molar-refractivity contribution in [2.45, 2.75) is 26.7 Å². The van der Waals surface area contributed by atoms with Gasteiger partial charge in [0, 0.05) is 41.0 Å². The van der Waals surface area contributed by atoms with Crippen LogP contribution in [0.5, 0.6) is 5.75 Å². The average molecular weight is 252 g/mol. The van der Waals surface area contributed by atoms with E-state index in [1.54, 1.807) is 18.2 Å². The zero-order valence-corrected chi connectivity index (χ0v) is 12.5. The smallest absolute Gasteiger partial charge is 0.287 e. The predicted molar refractivity (Wildman–Crippen MR) is 63.6 cm³/mol. The van der Waals surface area contributed by atoms with E-state index in [9.17, 15) is 4.79 Å². The third-order valence-electron chi connectivity index (χ3n) is 1.82. The first kappa shape index (κ1) is 15.8. The predicted octanol–water partition coefficient (Wildman–Crippen LogP) is 2.90. The van der Waals surface area contributed by atoms with Crippen LogP contribution in [0.4, 0.5) is 0 Å². The van der Waals surface area contributed by atoms with Gasteiger partial charge >= 0.3 is 5.97 Å². The Morgan fingerprint density at radius 1 is 1.44 bits per heavy atom. The van der Waals surface area contributed by atoms with E-state index in [0.717, 1.165) is 12.0 Å². The maximum absolute atomic E-state index is 11.0. The van der Waals surface area contributed by atoms with Crippen molar-refractivity contribution in [2.75, 3.05) is 0 Å². The number of hydrogen-bond donors (Lipinski definition) is 0. The summed E-state index contributed by atoms with van der Waals surface area (Å²) < 4.78 is 0. The maximum Gasteiger partial charge on any atom is 0.355 e. The van der Waals surface area contributed by atoms with Gasteiger partial charge in [0.15, 0.2) is 5.75 Å². The molecular formula is C11H13ClNaO3. The molecule has 0 spiro atoms. The van der Waals surface area contributed by atoms with E-state index in [4.69, 9.17) is 16.5 Å². The van der Waals surface area contributed by atoms with Gasteiger partial charge in [0.25, 0.3) is 0 Å². The van der Waals surface area contributed by atoms with Gasteiger partial charge in [0.05, 0.1) is 0 Å². The minimum absolute atomic E-state index is 0. The van der Waals surface area contributed by atoms with Crippen LogP contribution in [0.3, 0.4) is 0 Å². The number of halogens is 1. The zero-order chi connectivity index (χ0) is 11.3. The quantitative estimate of drug-likeness (QED) is 0.469. The number of carbonyl (C=O) groups is 1. The van der Waals surface area contributed by atoms with Gasteiger partial charge in [-0.15, -0.1) is 0 Å². The normalized spacial score (nSPS) is 9.19. The van der Waals surface area contributed by atoms with E-state index in [1.807, 2.05) is 13.8 Å². The average Bonchev–Trinajstić information content (AvgIpc) is 2.17. The summed E-state index contributed by atoms with van der Waals surface area (Å²) in [6.45, 7) is 3.73. The summed E-state index contributed by atoms with van der Waals surface area (Å²) in [5.41, 5.74) is 0.826. The molecule has 1 radical (unpaired) electrons. The van der Waals surface area contributed by atoms with Crippen LogP contribution in [0.2, 0.25) is 5.02 Å². The molecule has 3 nitrogen and oxygen atoms in total. The van der Waals surface area contributed by atoms with Crippen molar-refractivity contribution in [3.8, 4) is 5.75 Å². The molecule has 0 heterocycles. The Kier molecular flexibility index (Phi) is 7.85. The number of aryl methyl sites for hydroxylation is 1. The molecule has 0 amide bonds. The molecule has 0 aliphatic carbocycles. The molecule has 5 heteroatoms. The summed E-state index contributed by atoms with van der Waals surface area (Å²) in [4.78, 5) is 20.5. The maximum atomic E-state index is 11.0. The molecule has 16 heavy (non-hydrogen) atoms. The fourth-order valence-corrected chi connectivity index (χ4v) is 1.27. The number of benzene rings is 1. The third kappa shape index (κ3) is 5.21. The minimum atomic E-state index is -0.369. The largest absolute Gasteiger partial charge is 0.355 e. The number of hydrogen-bond acceptors (Lipinski definition) is 3. The van der Waals surface area contributed by atoms with E-state index >= 15 is 0 Å². The van der Waals surface area contributed by atoms with Gasteiger partial charge in [-0.3, -0.25) is 9.78 Å². The molecule has 0 unspecified atom stereocenters. The molecule has 0 aliphatic rings. The first-order valence-corrected chi connectivity index (χ1v) is 5.14. The second-order valence-electron chi connectivity index (χ2n) is 3.20. The van der Waals surface area contributed by atoms with Crippen LogP contribution in [0.15, 0.2) is 18.2 Å². The number of rotatable bonds is 4. The molecule has 1 rings (SSSR count). The fraction of sp³-hybridized carbons (Fsp3) is 0.364. The third-order valence-corrected chi connectivity index (χ3v) is 2.05. The Bertz CT molecular complexity index is 355. The molecule has 1 aromatic rings. The van der Waals surface area contributed by atoms with Crippen molar-refractivity contribution in [2.24, 2.45) is 0 Å². The van der Waals surface area contributed by atoms with Gasteiger partial charge in [-0.1, -0.05) is 18.5 Å². The van der Waals surface area contributed by atoms with Crippen LogP contribution in [0.25, 0.3) is 0 Å². The standard InChI is InChI=1S/C11H13ClO3.Na/c1-3-4-11(13)15-14-10-6-5-9(12)7-8(10)2;/h5-7H,3-4H2,1-2H3;. The van der Waals surface area contributed by atoms with Gasteiger partial charge < -0.3 is 0 Å². The Morgan fingerprint density at radius 3 is 2.69 bits per heavy atom. The summed E-state index contributed by atoms with van der Waals surface area (Å²) in [6.07, 6.45) is 1.09. The second kappa shape index (κ2) is 7.96. The molecule has 0 atom stereocenters. The SMILES string of the molecule is CCCC(=O)OOc1ccc(Cl)cc1C.[Na]. The van der Waals surface area contributed by atoms with Crippen molar-refractivity contribution in [3.63, 3.8) is 0 Å². The number of carbonyl (C=O) groups excluding carboxylic acids is 1. The molecule has 0 aliphatic heterocycles. The first-order chi connectivity index (χ1) is 7.13. The molecule has 83 valence electrons. The Balaban J connectivity index is 0.00000225. The molecular weight excluding hydrogens is 239 g/mol. The Morgan fingerprint density at radius 2 is 2.12 bits per heavy atom. The van der Waals surface area contributed by atoms with E-state index in [-0.39, 0.29) is 35.5 Å². The second-order valence-corrected chi connectivity index (χ2v) is 3.63. The van der Waals surface area contributed by atoms with Gasteiger partial charge in [0.2, 0.25) is 0 Å². The van der Waals surface area contributed by atoms with Crippen LogP contribution in [0.1, 0.15) is 25.3 Å². The van der Waals surface area contributed by atoms with Crippen LogP contribution >= 0.6 is 11.6 Å². The van der Waals surface area contributed by atoms with Crippen molar-refractivity contribution >= 4 is 47.1 Å². The molecule has 0 bridgehead atoms. The summed E-state index contributed by atoms with van der Waals surface area (Å²) in [6, 6.07) is 5.08. The van der Waals surface area contributed by atoms with Crippen molar-refractivity contribution in [1.82, 2.24) is 0 Å².